The second-order valence-electron chi connectivity index (χ2n) is 2.57. The quantitative estimate of drug-likeness (QED) is 0.755. The highest BCUT2D eigenvalue weighted by molar-refractivity contribution is 6.34. The highest BCUT2D eigenvalue weighted by Gasteiger charge is 2.17. The number of nitrogen functional groups attached to an aromatic ring is 1. The van der Waals surface area contributed by atoms with E-state index in [2.05, 4.69) is 0 Å². The molecular formula is C8H6ClF2NO2. The molecule has 0 aromatic heterocycles. The summed E-state index contributed by atoms with van der Waals surface area (Å²) in [5, 5.41) is 8.26. The second-order valence-corrected chi connectivity index (χ2v) is 2.95. The normalized spacial score (nSPS) is 10.6. The van der Waals surface area contributed by atoms with E-state index in [0.29, 0.717) is 0 Å². The van der Waals surface area contributed by atoms with Gasteiger partial charge in [0.25, 0.3) is 6.43 Å². The molecule has 0 saturated carbocycles. The standard InChI is InChI=1S/C8H6ClF2NO2/c9-6-4(7(10)11)1-3(8(13)14)2-5(6)12/h1-2,7H,12H2,(H,13,14). The average molecular weight is 222 g/mol. The molecule has 0 saturated heterocycles. The van der Waals surface area contributed by atoms with Gasteiger partial charge in [-0.05, 0) is 12.1 Å². The topological polar surface area (TPSA) is 63.3 Å². The van der Waals surface area contributed by atoms with Crippen molar-refractivity contribution in [2.75, 3.05) is 5.73 Å². The van der Waals surface area contributed by atoms with Crippen LogP contribution >= 0.6 is 11.6 Å². The molecule has 3 N–H and O–H groups in total. The largest absolute Gasteiger partial charge is 0.478 e. The summed E-state index contributed by atoms with van der Waals surface area (Å²) in [7, 11) is 0. The van der Waals surface area contributed by atoms with Crippen molar-refractivity contribution in [3.63, 3.8) is 0 Å². The van der Waals surface area contributed by atoms with Gasteiger partial charge in [-0.3, -0.25) is 0 Å². The van der Waals surface area contributed by atoms with E-state index >= 15 is 0 Å². The lowest BCUT2D eigenvalue weighted by Crippen LogP contribution is -2.01. The van der Waals surface area contributed by atoms with Gasteiger partial charge in [-0.15, -0.1) is 0 Å². The Balaban J connectivity index is 3.35. The minimum atomic E-state index is -2.84. The number of alkyl halides is 2. The van der Waals surface area contributed by atoms with Crippen LogP contribution in [0.1, 0.15) is 22.3 Å². The number of hydrogen-bond donors (Lipinski definition) is 2. The van der Waals surface area contributed by atoms with E-state index in [1.807, 2.05) is 0 Å². The molecule has 0 aliphatic carbocycles. The third-order valence-electron chi connectivity index (χ3n) is 1.61. The van der Waals surface area contributed by atoms with E-state index in [1.54, 1.807) is 0 Å². The zero-order valence-electron chi connectivity index (χ0n) is 6.80. The lowest BCUT2D eigenvalue weighted by atomic mass is 10.1. The molecule has 14 heavy (non-hydrogen) atoms. The van der Waals surface area contributed by atoms with Gasteiger partial charge in [0.1, 0.15) is 0 Å². The van der Waals surface area contributed by atoms with Crippen LogP contribution in [0.2, 0.25) is 5.02 Å². The lowest BCUT2D eigenvalue weighted by molar-refractivity contribution is 0.0696. The van der Waals surface area contributed by atoms with Gasteiger partial charge in [-0.2, -0.15) is 0 Å². The molecule has 0 radical (unpaired) electrons. The zero-order chi connectivity index (χ0) is 10.9. The Morgan fingerprint density at radius 3 is 2.50 bits per heavy atom. The predicted molar refractivity (Wildman–Crippen MR) is 47.8 cm³/mol. The summed E-state index contributed by atoms with van der Waals surface area (Å²) < 4.78 is 24.6. The van der Waals surface area contributed by atoms with Crippen molar-refractivity contribution in [3.05, 3.63) is 28.3 Å². The molecule has 1 rings (SSSR count). The minimum Gasteiger partial charge on any atom is -0.478 e. The van der Waals surface area contributed by atoms with Gasteiger partial charge in [0.15, 0.2) is 0 Å². The van der Waals surface area contributed by atoms with E-state index < -0.39 is 18.0 Å². The Labute approximate surface area is 83.1 Å². The maximum absolute atomic E-state index is 12.3. The third kappa shape index (κ3) is 1.93. The van der Waals surface area contributed by atoms with E-state index in [9.17, 15) is 13.6 Å². The van der Waals surface area contributed by atoms with Crippen LogP contribution in [0.3, 0.4) is 0 Å². The lowest BCUT2D eigenvalue weighted by Gasteiger charge is -2.07. The van der Waals surface area contributed by atoms with Gasteiger partial charge in [-0.25, -0.2) is 13.6 Å². The summed E-state index contributed by atoms with van der Waals surface area (Å²) in [6.45, 7) is 0. The SMILES string of the molecule is Nc1cc(C(=O)O)cc(C(F)F)c1Cl. The van der Waals surface area contributed by atoms with E-state index in [-0.39, 0.29) is 16.3 Å². The number of anilines is 1. The van der Waals surface area contributed by atoms with Crippen molar-refractivity contribution in [1.82, 2.24) is 0 Å². The number of halogens is 3. The van der Waals surface area contributed by atoms with Gasteiger partial charge >= 0.3 is 5.97 Å². The first kappa shape index (κ1) is 10.7. The summed E-state index contributed by atoms with van der Waals surface area (Å²) in [5.74, 6) is -1.32. The number of benzene rings is 1. The smallest absolute Gasteiger partial charge is 0.335 e. The Kier molecular flexibility index (Phi) is 2.90. The highest BCUT2D eigenvalue weighted by Crippen LogP contribution is 2.32. The number of aromatic carboxylic acids is 1. The summed E-state index contributed by atoms with van der Waals surface area (Å²) >= 11 is 5.47. The summed E-state index contributed by atoms with van der Waals surface area (Å²) in [6, 6.07) is 1.85. The fraction of sp³-hybridized carbons (Fsp3) is 0.125. The van der Waals surface area contributed by atoms with Crippen LogP contribution in [0.15, 0.2) is 12.1 Å². The Hall–Kier alpha value is -1.36. The molecule has 0 amide bonds. The van der Waals surface area contributed by atoms with Crippen LogP contribution < -0.4 is 5.73 Å². The first-order valence-corrected chi connectivity index (χ1v) is 3.91. The predicted octanol–water partition coefficient (Wildman–Crippen LogP) is 2.56. The van der Waals surface area contributed by atoms with Gasteiger partial charge in [0, 0.05) is 5.56 Å². The molecule has 1 aromatic carbocycles. The maximum atomic E-state index is 12.3. The van der Waals surface area contributed by atoms with E-state index in [1.165, 1.54) is 0 Å². The van der Waals surface area contributed by atoms with Crippen LogP contribution in [-0.2, 0) is 0 Å². The van der Waals surface area contributed by atoms with Crippen LogP contribution in [0.25, 0.3) is 0 Å². The fourth-order valence-electron chi connectivity index (χ4n) is 0.952. The van der Waals surface area contributed by atoms with Crippen LogP contribution in [0.4, 0.5) is 14.5 Å². The number of hydrogen-bond acceptors (Lipinski definition) is 2. The Morgan fingerprint density at radius 1 is 1.50 bits per heavy atom. The first-order valence-electron chi connectivity index (χ1n) is 3.54. The molecular weight excluding hydrogens is 216 g/mol. The molecule has 0 spiro atoms. The Bertz CT molecular complexity index is 382. The van der Waals surface area contributed by atoms with Crippen molar-refractivity contribution >= 4 is 23.3 Å². The highest BCUT2D eigenvalue weighted by atomic mass is 35.5. The van der Waals surface area contributed by atoms with E-state index in [0.717, 1.165) is 12.1 Å². The van der Waals surface area contributed by atoms with Crippen LogP contribution in [0, 0.1) is 0 Å². The molecule has 1 aromatic rings. The third-order valence-corrected chi connectivity index (χ3v) is 2.05. The fourth-order valence-corrected chi connectivity index (χ4v) is 1.14. The van der Waals surface area contributed by atoms with Crippen molar-refractivity contribution in [2.24, 2.45) is 0 Å². The molecule has 0 aliphatic rings. The van der Waals surface area contributed by atoms with Crippen LogP contribution in [-0.4, -0.2) is 11.1 Å². The molecule has 3 nitrogen and oxygen atoms in total. The molecule has 0 unspecified atom stereocenters. The maximum Gasteiger partial charge on any atom is 0.335 e. The van der Waals surface area contributed by atoms with Gasteiger partial charge in [0.2, 0.25) is 0 Å². The monoisotopic (exact) mass is 221 g/mol. The van der Waals surface area contributed by atoms with Crippen molar-refractivity contribution in [2.45, 2.75) is 6.43 Å². The summed E-state index contributed by atoms with van der Waals surface area (Å²) in [6.07, 6.45) is -2.84. The number of rotatable bonds is 2. The van der Waals surface area contributed by atoms with Crippen molar-refractivity contribution < 1.29 is 18.7 Å². The van der Waals surface area contributed by atoms with Gasteiger partial charge in [0.05, 0.1) is 16.3 Å². The minimum absolute atomic E-state index is 0.165. The molecule has 76 valence electrons. The molecule has 0 bridgehead atoms. The first-order chi connectivity index (χ1) is 6.43. The molecule has 0 heterocycles. The molecule has 0 atom stereocenters. The summed E-state index contributed by atoms with van der Waals surface area (Å²) in [5.41, 5.74) is 4.23. The molecule has 6 heteroatoms. The number of nitrogens with two attached hydrogens (primary N) is 1. The van der Waals surface area contributed by atoms with Crippen molar-refractivity contribution in [1.29, 1.82) is 0 Å². The van der Waals surface area contributed by atoms with Crippen molar-refractivity contribution in [3.8, 4) is 0 Å². The van der Waals surface area contributed by atoms with Gasteiger partial charge < -0.3 is 10.8 Å². The number of carbonyl (C=O) groups is 1. The van der Waals surface area contributed by atoms with Crippen LogP contribution in [0.5, 0.6) is 0 Å². The number of carboxylic acid groups (broad SMARTS) is 1. The summed E-state index contributed by atoms with van der Waals surface area (Å²) in [4.78, 5) is 10.5. The average Bonchev–Trinajstić information content (AvgIpc) is 2.08. The zero-order valence-corrected chi connectivity index (χ0v) is 7.55. The van der Waals surface area contributed by atoms with Gasteiger partial charge in [-0.1, -0.05) is 11.6 Å². The Morgan fingerprint density at radius 2 is 2.07 bits per heavy atom. The molecule has 0 aliphatic heterocycles. The molecule has 0 fully saturated rings. The number of carboxylic acids is 1. The second kappa shape index (κ2) is 3.79. The van der Waals surface area contributed by atoms with E-state index in [4.69, 9.17) is 22.4 Å².